The number of benzene rings is 1. The summed E-state index contributed by atoms with van der Waals surface area (Å²) >= 11 is 0. The number of fused-ring (bicyclic) bond motifs is 3. The first-order valence-corrected chi connectivity index (χ1v) is 12.2. The zero-order chi connectivity index (χ0) is 21.7. The predicted molar refractivity (Wildman–Crippen MR) is 115 cm³/mol. The standard InChI is InChI=1S/C22H30N2O5S/c1-21(2)16-8-9-22(21,19(25)11-16)14-30(27,28)23-17-7-6-15-5-4-10-24(18(15)12-17)20(26)13-29-3/h6-7,12,16,23H,4-5,8-11,13-14H2,1-3H3/t16-,22+/m0/s1. The molecule has 2 fully saturated rings. The number of ketones is 1. The molecule has 1 amide bonds. The van der Waals surface area contributed by atoms with Gasteiger partial charge in [0.05, 0.1) is 16.9 Å². The van der Waals surface area contributed by atoms with E-state index in [9.17, 15) is 18.0 Å². The van der Waals surface area contributed by atoms with E-state index in [0.29, 0.717) is 25.1 Å². The maximum absolute atomic E-state index is 13.1. The Labute approximate surface area is 178 Å². The van der Waals surface area contributed by atoms with Crippen LogP contribution in [0.5, 0.6) is 0 Å². The molecule has 0 spiro atoms. The van der Waals surface area contributed by atoms with E-state index in [1.165, 1.54) is 7.11 Å². The summed E-state index contributed by atoms with van der Waals surface area (Å²) in [4.78, 5) is 26.8. The van der Waals surface area contributed by atoms with Crippen molar-refractivity contribution in [2.75, 3.05) is 35.6 Å². The molecule has 2 bridgehead atoms. The molecule has 0 unspecified atom stereocenters. The number of nitrogens with zero attached hydrogens (tertiary/aromatic N) is 1. The third-order valence-corrected chi connectivity index (χ3v) is 9.04. The molecule has 30 heavy (non-hydrogen) atoms. The summed E-state index contributed by atoms with van der Waals surface area (Å²) in [6, 6.07) is 5.32. The summed E-state index contributed by atoms with van der Waals surface area (Å²) in [6.07, 6.45) is 3.72. The van der Waals surface area contributed by atoms with E-state index in [2.05, 4.69) is 4.72 Å². The van der Waals surface area contributed by atoms with Gasteiger partial charge in [0.15, 0.2) is 0 Å². The molecule has 1 heterocycles. The van der Waals surface area contributed by atoms with Crippen LogP contribution in [0.4, 0.5) is 11.4 Å². The van der Waals surface area contributed by atoms with Crippen LogP contribution in [0, 0.1) is 16.7 Å². The average Bonchev–Trinajstić information content (AvgIpc) is 3.01. The molecule has 0 radical (unpaired) electrons. The Kier molecular flexibility index (Phi) is 5.21. The molecule has 4 rings (SSSR count). The van der Waals surface area contributed by atoms with Gasteiger partial charge in [-0.15, -0.1) is 0 Å². The number of hydrogen-bond donors (Lipinski definition) is 1. The molecule has 1 aromatic carbocycles. The van der Waals surface area contributed by atoms with Crippen LogP contribution in [0.25, 0.3) is 0 Å². The second-order valence-corrected chi connectivity index (χ2v) is 11.2. The summed E-state index contributed by atoms with van der Waals surface area (Å²) in [6.45, 7) is 4.63. The van der Waals surface area contributed by atoms with Crippen molar-refractivity contribution < 1.29 is 22.7 Å². The van der Waals surface area contributed by atoms with E-state index < -0.39 is 15.4 Å². The molecule has 8 heteroatoms. The Bertz CT molecular complexity index is 987. The van der Waals surface area contributed by atoms with Crippen LogP contribution < -0.4 is 9.62 Å². The van der Waals surface area contributed by atoms with Gasteiger partial charge in [-0.3, -0.25) is 14.3 Å². The number of aryl methyl sites for hydroxylation is 1. The van der Waals surface area contributed by atoms with Crippen LogP contribution >= 0.6 is 0 Å². The molecule has 7 nitrogen and oxygen atoms in total. The Balaban J connectivity index is 1.58. The van der Waals surface area contributed by atoms with Gasteiger partial charge < -0.3 is 9.64 Å². The number of sulfonamides is 1. The van der Waals surface area contributed by atoms with E-state index in [1.54, 1.807) is 17.0 Å². The number of Topliss-reactive ketones (excluding diaryl/α,β-unsaturated/α-hetero) is 1. The summed E-state index contributed by atoms with van der Waals surface area (Å²) in [5, 5.41) is 0. The minimum Gasteiger partial charge on any atom is -0.375 e. The van der Waals surface area contributed by atoms with Gasteiger partial charge in [-0.2, -0.15) is 0 Å². The van der Waals surface area contributed by atoms with Crippen LogP contribution in [0.1, 0.15) is 45.1 Å². The van der Waals surface area contributed by atoms with E-state index in [0.717, 1.165) is 30.5 Å². The maximum atomic E-state index is 13.1. The summed E-state index contributed by atoms with van der Waals surface area (Å²) in [5.74, 6) is 0.0130. The number of methoxy groups -OCH3 is 1. The summed E-state index contributed by atoms with van der Waals surface area (Å²) in [7, 11) is -2.26. The Morgan fingerprint density at radius 2 is 2.10 bits per heavy atom. The van der Waals surface area contributed by atoms with Crippen LogP contribution in [0.3, 0.4) is 0 Å². The van der Waals surface area contributed by atoms with Crippen molar-refractivity contribution in [2.45, 2.75) is 46.0 Å². The molecule has 0 saturated heterocycles. The first-order valence-electron chi connectivity index (χ1n) is 10.6. The Morgan fingerprint density at radius 3 is 2.73 bits per heavy atom. The maximum Gasteiger partial charge on any atom is 0.252 e. The number of rotatable bonds is 6. The zero-order valence-corrected chi connectivity index (χ0v) is 18.7. The summed E-state index contributed by atoms with van der Waals surface area (Å²) in [5.41, 5.74) is 1.04. The van der Waals surface area contributed by atoms with Crippen LogP contribution in [0.15, 0.2) is 18.2 Å². The number of carbonyl (C=O) groups excluding carboxylic acids is 2. The highest BCUT2D eigenvalue weighted by Gasteiger charge is 2.65. The highest BCUT2D eigenvalue weighted by molar-refractivity contribution is 7.92. The van der Waals surface area contributed by atoms with Gasteiger partial charge in [0.2, 0.25) is 10.0 Å². The topological polar surface area (TPSA) is 92.8 Å². The first-order chi connectivity index (χ1) is 14.1. The average molecular weight is 435 g/mol. The fraction of sp³-hybridized carbons (Fsp3) is 0.636. The van der Waals surface area contributed by atoms with Crippen molar-refractivity contribution in [3.05, 3.63) is 23.8 Å². The molecule has 1 aromatic rings. The van der Waals surface area contributed by atoms with Gasteiger partial charge in [-0.05, 0) is 54.7 Å². The molecule has 2 atom stereocenters. The normalized spacial score (nSPS) is 27.2. The molecular formula is C22H30N2O5S. The molecule has 3 aliphatic rings. The number of hydrogen-bond acceptors (Lipinski definition) is 5. The van der Waals surface area contributed by atoms with Crippen LogP contribution in [-0.2, 0) is 30.8 Å². The van der Waals surface area contributed by atoms with Gasteiger partial charge in [0.25, 0.3) is 5.91 Å². The van der Waals surface area contributed by atoms with Crippen molar-refractivity contribution in [1.29, 1.82) is 0 Å². The minimum absolute atomic E-state index is 0.0176. The smallest absolute Gasteiger partial charge is 0.252 e. The third-order valence-electron chi connectivity index (χ3n) is 7.62. The lowest BCUT2D eigenvalue weighted by atomic mass is 9.70. The van der Waals surface area contributed by atoms with Crippen molar-refractivity contribution in [1.82, 2.24) is 0 Å². The molecule has 0 aromatic heterocycles. The quantitative estimate of drug-likeness (QED) is 0.743. The van der Waals surface area contributed by atoms with E-state index in [1.807, 2.05) is 19.9 Å². The van der Waals surface area contributed by atoms with E-state index in [-0.39, 0.29) is 35.4 Å². The number of anilines is 2. The lowest BCUT2D eigenvalue weighted by Gasteiger charge is -2.36. The second-order valence-electron chi connectivity index (χ2n) is 9.45. The van der Waals surface area contributed by atoms with Crippen LogP contribution in [0.2, 0.25) is 0 Å². The highest BCUT2D eigenvalue weighted by atomic mass is 32.2. The monoisotopic (exact) mass is 434 g/mol. The van der Waals surface area contributed by atoms with Gasteiger partial charge in [-0.1, -0.05) is 19.9 Å². The van der Waals surface area contributed by atoms with Crippen molar-refractivity contribution in [3.63, 3.8) is 0 Å². The molecule has 2 aliphatic carbocycles. The summed E-state index contributed by atoms with van der Waals surface area (Å²) < 4.78 is 33.8. The molecule has 164 valence electrons. The molecule has 1 aliphatic heterocycles. The second kappa shape index (κ2) is 7.34. The van der Waals surface area contributed by atoms with Crippen LogP contribution in [-0.4, -0.2) is 46.1 Å². The fourth-order valence-corrected chi connectivity index (χ4v) is 7.63. The van der Waals surface area contributed by atoms with Crippen molar-refractivity contribution in [2.24, 2.45) is 16.7 Å². The Hall–Kier alpha value is -1.93. The first kappa shape index (κ1) is 21.3. The van der Waals surface area contributed by atoms with Gasteiger partial charge in [-0.25, -0.2) is 8.42 Å². The predicted octanol–water partition coefficient (Wildman–Crippen LogP) is 2.75. The highest BCUT2D eigenvalue weighted by Crippen LogP contribution is 2.64. The number of amides is 1. The number of ether oxygens (including phenoxy) is 1. The largest absolute Gasteiger partial charge is 0.375 e. The minimum atomic E-state index is -3.74. The molecule has 1 N–H and O–H groups in total. The SMILES string of the molecule is COCC(=O)N1CCCc2ccc(NS(=O)(=O)C[C@]34CC[C@@H](CC3=O)C4(C)C)cc21. The zero-order valence-electron chi connectivity index (χ0n) is 17.9. The number of nitrogens with one attached hydrogen (secondary N) is 1. The van der Waals surface area contributed by atoms with Gasteiger partial charge in [0.1, 0.15) is 12.4 Å². The lowest BCUT2D eigenvalue weighted by molar-refractivity contribution is -0.128. The molecular weight excluding hydrogens is 404 g/mol. The lowest BCUT2D eigenvalue weighted by Crippen LogP contribution is -2.43. The van der Waals surface area contributed by atoms with Gasteiger partial charge in [0, 0.05) is 25.8 Å². The molecule has 2 saturated carbocycles. The van der Waals surface area contributed by atoms with Crippen molar-refractivity contribution in [3.8, 4) is 0 Å². The van der Waals surface area contributed by atoms with Gasteiger partial charge >= 0.3 is 0 Å². The van der Waals surface area contributed by atoms with Crippen molar-refractivity contribution >= 4 is 33.1 Å². The van der Waals surface area contributed by atoms with E-state index in [4.69, 9.17) is 4.74 Å². The number of carbonyl (C=O) groups is 2. The van der Waals surface area contributed by atoms with E-state index >= 15 is 0 Å². The third kappa shape index (κ3) is 3.34. The Morgan fingerprint density at radius 1 is 1.33 bits per heavy atom. The fourth-order valence-electron chi connectivity index (χ4n) is 5.75.